The van der Waals surface area contributed by atoms with Crippen LogP contribution >= 0.6 is 11.6 Å². The van der Waals surface area contributed by atoms with Crippen molar-refractivity contribution in [2.24, 2.45) is 0 Å². The first-order chi connectivity index (χ1) is 9.08. The van der Waals surface area contributed by atoms with Crippen LogP contribution in [0.4, 0.5) is 5.69 Å². The molecule has 1 aromatic heterocycles. The number of nitro benzene ring substituents is 1. The third-order valence-corrected chi connectivity index (χ3v) is 3.34. The maximum atomic E-state index is 11.6. The van der Waals surface area contributed by atoms with E-state index >= 15 is 0 Å². The fourth-order valence-electron chi connectivity index (χ4n) is 2.14. The van der Waals surface area contributed by atoms with Crippen LogP contribution in [-0.2, 0) is 9.53 Å². The van der Waals surface area contributed by atoms with E-state index in [1.54, 1.807) is 0 Å². The van der Waals surface area contributed by atoms with E-state index in [0.29, 0.717) is 23.9 Å². The number of esters is 1. The van der Waals surface area contributed by atoms with Crippen molar-refractivity contribution in [3.8, 4) is 0 Å². The van der Waals surface area contributed by atoms with E-state index in [1.807, 2.05) is 0 Å². The highest BCUT2D eigenvalue weighted by Crippen LogP contribution is 2.31. The number of cyclic esters (lactones) is 1. The number of non-ortho nitro benzene ring substituents is 1. The number of aromatic nitrogens is 2. The third-order valence-electron chi connectivity index (χ3n) is 3.06. The maximum absolute atomic E-state index is 11.6. The molecule has 0 amide bonds. The minimum absolute atomic E-state index is 0.0725. The summed E-state index contributed by atoms with van der Waals surface area (Å²) in [6, 6.07) is 3.67. The largest absolute Gasteiger partial charge is 0.464 e. The van der Waals surface area contributed by atoms with E-state index in [9.17, 15) is 14.9 Å². The highest BCUT2D eigenvalue weighted by molar-refractivity contribution is 6.34. The summed E-state index contributed by atoms with van der Waals surface area (Å²) in [6.45, 7) is 0.317. The van der Waals surface area contributed by atoms with Gasteiger partial charge in [0.25, 0.3) is 5.69 Å². The van der Waals surface area contributed by atoms with Crippen LogP contribution in [0.5, 0.6) is 0 Å². The summed E-state index contributed by atoms with van der Waals surface area (Å²) in [6.07, 6.45) is 0.481. The summed E-state index contributed by atoms with van der Waals surface area (Å²) in [5.74, 6) is -0.396. The average molecular weight is 282 g/mol. The van der Waals surface area contributed by atoms with Crippen LogP contribution in [0, 0.1) is 10.1 Å². The van der Waals surface area contributed by atoms with Gasteiger partial charge in [-0.25, -0.2) is 9.48 Å². The predicted octanol–water partition coefficient (Wildman–Crippen LogP) is 2.09. The molecule has 1 aliphatic rings. The highest BCUT2D eigenvalue weighted by Gasteiger charge is 2.31. The van der Waals surface area contributed by atoms with E-state index in [1.165, 1.54) is 22.9 Å². The van der Waals surface area contributed by atoms with Crippen molar-refractivity contribution in [3.05, 3.63) is 33.5 Å². The Balaban J connectivity index is 2.21. The number of hydrogen-bond donors (Lipinski definition) is 0. The fourth-order valence-corrected chi connectivity index (χ4v) is 2.39. The van der Waals surface area contributed by atoms with Gasteiger partial charge in [0, 0.05) is 23.9 Å². The molecule has 2 heterocycles. The second-order valence-corrected chi connectivity index (χ2v) is 4.52. The SMILES string of the molecule is O=C1OCCC1n1nc(Cl)c2ccc([N+](=O)[O-])cc21. The van der Waals surface area contributed by atoms with Gasteiger partial charge in [-0.3, -0.25) is 10.1 Å². The lowest BCUT2D eigenvalue weighted by Crippen LogP contribution is -2.15. The van der Waals surface area contributed by atoms with Gasteiger partial charge in [0.05, 0.1) is 17.0 Å². The van der Waals surface area contributed by atoms with Crippen LogP contribution in [0.3, 0.4) is 0 Å². The zero-order valence-corrected chi connectivity index (χ0v) is 10.3. The van der Waals surface area contributed by atoms with Crippen molar-refractivity contribution in [2.45, 2.75) is 12.5 Å². The second kappa shape index (κ2) is 4.20. The number of fused-ring (bicyclic) bond motifs is 1. The quantitative estimate of drug-likeness (QED) is 0.478. The molecule has 1 atom stereocenters. The molecule has 8 heteroatoms. The maximum Gasteiger partial charge on any atom is 0.331 e. The molecular formula is C11H8ClN3O4. The smallest absolute Gasteiger partial charge is 0.331 e. The topological polar surface area (TPSA) is 87.3 Å². The molecule has 7 nitrogen and oxygen atoms in total. The highest BCUT2D eigenvalue weighted by atomic mass is 35.5. The number of halogens is 1. The average Bonchev–Trinajstić information content (AvgIpc) is 2.93. The summed E-state index contributed by atoms with van der Waals surface area (Å²) < 4.78 is 6.28. The fraction of sp³-hybridized carbons (Fsp3) is 0.273. The molecule has 0 aliphatic carbocycles. The predicted molar refractivity (Wildman–Crippen MR) is 66.0 cm³/mol. The molecule has 0 spiro atoms. The van der Waals surface area contributed by atoms with Crippen LogP contribution in [0.2, 0.25) is 5.15 Å². The zero-order valence-electron chi connectivity index (χ0n) is 9.58. The lowest BCUT2D eigenvalue weighted by atomic mass is 10.2. The van der Waals surface area contributed by atoms with Crippen molar-refractivity contribution in [2.75, 3.05) is 6.61 Å². The number of carbonyl (C=O) groups is 1. The standard InChI is InChI=1S/C11H8ClN3O4/c12-10-7-2-1-6(15(17)18)5-9(7)14(13-10)8-3-4-19-11(8)16/h1-2,5,8H,3-4H2. The van der Waals surface area contributed by atoms with E-state index in [4.69, 9.17) is 16.3 Å². The van der Waals surface area contributed by atoms with Gasteiger partial charge in [0.15, 0.2) is 11.2 Å². The summed E-state index contributed by atoms with van der Waals surface area (Å²) in [7, 11) is 0. The Hall–Kier alpha value is -2.15. The lowest BCUT2D eigenvalue weighted by molar-refractivity contribution is -0.384. The lowest BCUT2D eigenvalue weighted by Gasteiger charge is -2.07. The zero-order chi connectivity index (χ0) is 13.6. The van der Waals surface area contributed by atoms with Gasteiger partial charge < -0.3 is 4.74 Å². The van der Waals surface area contributed by atoms with Crippen LogP contribution in [0.1, 0.15) is 12.5 Å². The Morgan fingerprint density at radius 1 is 1.53 bits per heavy atom. The first-order valence-electron chi connectivity index (χ1n) is 5.57. The molecule has 0 bridgehead atoms. The first kappa shape index (κ1) is 11.9. The summed E-state index contributed by atoms with van der Waals surface area (Å²) >= 11 is 5.98. The van der Waals surface area contributed by atoms with Crippen molar-refractivity contribution in [3.63, 3.8) is 0 Å². The number of rotatable bonds is 2. The summed E-state index contributed by atoms with van der Waals surface area (Å²) in [4.78, 5) is 21.9. The van der Waals surface area contributed by atoms with Gasteiger partial charge in [0.1, 0.15) is 0 Å². The van der Waals surface area contributed by atoms with Crippen molar-refractivity contribution in [1.29, 1.82) is 0 Å². The molecule has 1 unspecified atom stereocenters. The van der Waals surface area contributed by atoms with E-state index in [-0.39, 0.29) is 10.8 Å². The Morgan fingerprint density at radius 2 is 2.32 bits per heavy atom. The number of ether oxygens (including phenoxy) is 1. The molecule has 0 saturated carbocycles. The molecule has 3 rings (SSSR count). The number of carbonyl (C=O) groups excluding carboxylic acids is 1. The second-order valence-electron chi connectivity index (χ2n) is 4.17. The molecular weight excluding hydrogens is 274 g/mol. The van der Waals surface area contributed by atoms with Crippen molar-refractivity contribution >= 4 is 34.2 Å². The minimum atomic E-state index is -0.572. The summed E-state index contributed by atoms with van der Waals surface area (Å²) in [5.41, 5.74) is 0.389. The Labute approximate surface area is 111 Å². The number of nitrogens with zero attached hydrogens (tertiary/aromatic N) is 3. The molecule has 1 aromatic carbocycles. The normalized spacial score (nSPS) is 18.8. The van der Waals surface area contributed by atoms with E-state index < -0.39 is 16.9 Å². The van der Waals surface area contributed by atoms with Crippen LogP contribution in [-0.4, -0.2) is 27.3 Å². The monoisotopic (exact) mass is 281 g/mol. The van der Waals surface area contributed by atoms with Gasteiger partial charge >= 0.3 is 5.97 Å². The van der Waals surface area contributed by atoms with Crippen molar-refractivity contribution < 1.29 is 14.5 Å². The van der Waals surface area contributed by atoms with Gasteiger partial charge in [0.2, 0.25) is 0 Å². The Kier molecular flexibility index (Phi) is 2.63. The van der Waals surface area contributed by atoms with Crippen LogP contribution in [0.15, 0.2) is 18.2 Å². The molecule has 2 aromatic rings. The van der Waals surface area contributed by atoms with Crippen molar-refractivity contribution in [1.82, 2.24) is 9.78 Å². The molecule has 98 valence electrons. The molecule has 1 saturated heterocycles. The first-order valence-corrected chi connectivity index (χ1v) is 5.94. The molecule has 0 N–H and O–H groups in total. The number of benzene rings is 1. The molecule has 1 aliphatic heterocycles. The number of hydrogen-bond acceptors (Lipinski definition) is 5. The Bertz CT molecular complexity index is 697. The third kappa shape index (κ3) is 1.82. The minimum Gasteiger partial charge on any atom is -0.464 e. The van der Waals surface area contributed by atoms with Crippen LogP contribution in [0.25, 0.3) is 10.9 Å². The van der Waals surface area contributed by atoms with Gasteiger partial charge in [-0.15, -0.1) is 0 Å². The molecule has 19 heavy (non-hydrogen) atoms. The number of nitro groups is 1. The summed E-state index contributed by atoms with van der Waals surface area (Å²) in [5, 5.41) is 15.7. The van der Waals surface area contributed by atoms with Crippen LogP contribution < -0.4 is 0 Å². The van der Waals surface area contributed by atoms with Gasteiger partial charge in [-0.05, 0) is 6.07 Å². The van der Waals surface area contributed by atoms with E-state index in [0.717, 1.165) is 0 Å². The Morgan fingerprint density at radius 3 is 2.95 bits per heavy atom. The molecule has 0 radical (unpaired) electrons. The van der Waals surface area contributed by atoms with Gasteiger partial charge in [-0.1, -0.05) is 11.6 Å². The van der Waals surface area contributed by atoms with E-state index in [2.05, 4.69) is 5.10 Å². The molecule has 1 fully saturated rings. The van der Waals surface area contributed by atoms with Gasteiger partial charge in [-0.2, -0.15) is 5.10 Å².